The van der Waals surface area contributed by atoms with Gasteiger partial charge in [-0.2, -0.15) is 0 Å². The number of rotatable bonds is 0. The molecule has 3 nitrogen and oxygen atoms in total. The number of nitrogen functional groups attached to an aromatic ring is 1. The lowest BCUT2D eigenvalue weighted by Gasteiger charge is -1.91. The van der Waals surface area contributed by atoms with E-state index in [0.29, 0.717) is 5.69 Å². The summed E-state index contributed by atoms with van der Waals surface area (Å²) in [7, 11) is 0. The van der Waals surface area contributed by atoms with Crippen LogP contribution >= 0.6 is 11.6 Å². The zero-order valence-electron chi connectivity index (χ0n) is 4.52. The summed E-state index contributed by atoms with van der Waals surface area (Å²) in [5, 5.41) is 0.0532. The van der Waals surface area contributed by atoms with Crippen molar-refractivity contribution in [3.63, 3.8) is 0 Å². The van der Waals surface area contributed by atoms with E-state index in [4.69, 9.17) is 17.3 Å². The van der Waals surface area contributed by atoms with Crippen LogP contribution in [0.2, 0.25) is 5.02 Å². The van der Waals surface area contributed by atoms with Crippen LogP contribution in [-0.2, 0) is 0 Å². The predicted molar refractivity (Wildman–Crippen MR) is 36.5 cm³/mol. The topological polar surface area (TPSA) is 58.9 Å². The molecule has 0 aromatic carbocycles. The van der Waals surface area contributed by atoms with Crippen LogP contribution in [0.15, 0.2) is 17.1 Å². The van der Waals surface area contributed by atoms with Crippen molar-refractivity contribution in [1.82, 2.24) is 4.98 Å². The molecule has 0 atom stereocenters. The molecule has 0 amide bonds. The fourth-order valence-electron chi connectivity index (χ4n) is 0.475. The highest BCUT2D eigenvalue weighted by Gasteiger charge is 1.96. The van der Waals surface area contributed by atoms with Crippen LogP contribution in [0.5, 0.6) is 0 Å². The van der Waals surface area contributed by atoms with Gasteiger partial charge in [0.2, 0.25) is 0 Å². The summed E-state index contributed by atoms with van der Waals surface area (Å²) in [6.45, 7) is 0. The molecule has 0 aliphatic carbocycles. The summed E-state index contributed by atoms with van der Waals surface area (Å²) in [5.74, 6) is 0. The van der Waals surface area contributed by atoms with E-state index < -0.39 is 0 Å². The van der Waals surface area contributed by atoms with Crippen LogP contribution in [0.3, 0.4) is 0 Å². The average Bonchev–Trinajstić information content (AvgIpc) is 1.83. The second-order valence-corrected chi connectivity index (χ2v) is 1.95. The summed E-state index contributed by atoms with van der Waals surface area (Å²) in [4.78, 5) is 12.9. The monoisotopic (exact) mass is 144 g/mol. The maximum Gasteiger partial charge on any atom is 0.268 e. The van der Waals surface area contributed by atoms with Crippen molar-refractivity contribution in [3.05, 3.63) is 27.6 Å². The quantitative estimate of drug-likeness (QED) is 0.561. The third kappa shape index (κ3) is 1.05. The Morgan fingerprint density at radius 3 is 2.78 bits per heavy atom. The number of nitrogens with one attached hydrogen (secondary N) is 1. The molecule has 0 fully saturated rings. The third-order valence-electron chi connectivity index (χ3n) is 0.930. The van der Waals surface area contributed by atoms with Crippen LogP contribution in [0, 0.1) is 0 Å². The second-order valence-electron chi connectivity index (χ2n) is 1.58. The number of pyridine rings is 1. The summed E-state index contributed by atoms with van der Waals surface area (Å²) in [6, 6.07) is 1.53. The Balaban J connectivity index is 3.43. The molecule has 48 valence electrons. The average molecular weight is 145 g/mol. The van der Waals surface area contributed by atoms with Crippen molar-refractivity contribution in [1.29, 1.82) is 0 Å². The van der Waals surface area contributed by atoms with Crippen molar-refractivity contribution in [2.45, 2.75) is 0 Å². The van der Waals surface area contributed by atoms with Gasteiger partial charge in [-0.1, -0.05) is 11.6 Å². The van der Waals surface area contributed by atoms with E-state index in [2.05, 4.69) is 4.98 Å². The first-order chi connectivity index (χ1) is 4.22. The summed E-state index contributed by atoms with van der Waals surface area (Å²) >= 11 is 5.41. The van der Waals surface area contributed by atoms with Crippen molar-refractivity contribution < 1.29 is 0 Å². The normalized spacial score (nSPS) is 9.44. The minimum absolute atomic E-state index is 0.0532. The zero-order valence-corrected chi connectivity index (χ0v) is 5.27. The predicted octanol–water partition coefficient (Wildman–Crippen LogP) is 0.611. The minimum Gasteiger partial charge on any atom is -0.397 e. The van der Waals surface area contributed by atoms with Crippen LogP contribution in [0.1, 0.15) is 0 Å². The lowest BCUT2D eigenvalue weighted by atomic mass is 10.4. The lowest BCUT2D eigenvalue weighted by molar-refractivity contribution is 1.24. The lowest BCUT2D eigenvalue weighted by Crippen LogP contribution is -2.06. The van der Waals surface area contributed by atoms with Crippen LogP contribution < -0.4 is 11.3 Å². The van der Waals surface area contributed by atoms with Gasteiger partial charge in [-0.05, 0) is 6.07 Å². The van der Waals surface area contributed by atoms with E-state index in [9.17, 15) is 4.79 Å². The van der Waals surface area contributed by atoms with E-state index in [-0.39, 0.29) is 10.6 Å². The van der Waals surface area contributed by atoms with Crippen LogP contribution in [0.25, 0.3) is 0 Å². The van der Waals surface area contributed by atoms with E-state index in [1.165, 1.54) is 12.3 Å². The van der Waals surface area contributed by atoms with Gasteiger partial charge in [-0.25, -0.2) is 0 Å². The smallest absolute Gasteiger partial charge is 0.268 e. The molecule has 0 saturated carbocycles. The molecular weight excluding hydrogens is 140 g/mol. The molecule has 0 bridgehead atoms. The van der Waals surface area contributed by atoms with Gasteiger partial charge in [0.05, 0.1) is 5.69 Å². The van der Waals surface area contributed by atoms with Gasteiger partial charge in [-0.15, -0.1) is 0 Å². The van der Waals surface area contributed by atoms with Crippen LogP contribution in [-0.4, -0.2) is 4.98 Å². The Morgan fingerprint density at radius 2 is 2.33 bits per heavy atom. The molecule has 1 aromatic heterocycles. The molecule has 0 aliphatic rings. The van der Waals surface area contributed by atoms with Gasteiger partial charge in [0.25, 0.3) is 5.56 Å². The molecule has 1 rings (SSSR count). The first-order valence-electron chi connectivity index (χ1n) is 2.34. The number of nitrogens with two attached hydrogens (primary N) is 1. The van der Waals surface area contributed by atoms with Gasteiger partial charge >= 0.3 is 0 Å². The maximum absolute atomic E-state index is 10.6. The highest BCUT2D eigenvalue weighted by atomic mass is 35.5. The Hall–Kier alpha value is -0.960. The first-order valence-corrected chi connectivity index (χ1v) is 2.72. The number of halogens is 1. The number of hydrogen-bond donors (Lipinski definition) is 2. The second kappa shape index (κ2) is 2.11. The van der Waals surface area contributed by atoms with Gasteiger partial charge < -0.3 is 10.7 Å². The molecule has 0 unspecified atom stereocenters. The number of aromatic nitrogens is 1. The molecule has 0 saturated heterocycles. The standard InChI is InChI=1S/C5H5ClN2O/c6-4-3(7)1-2-8-5(4)9/h1-2H,(H3,7,8,9). The Morgan fingerprint density at radius 1 is 1.67 bits per heavy atom. The zero-order chi connectivity index (χ0) is 6.85. The highest BCUT2D eigenvalue weighted by molar-refractivity contribution is 6.32. The molecule has 1 heterocycles. The number of hydrogen-bond acceptors (Lipinski definition) is 2. The molecular formula is C5H5ClN2O. The van der Waals surface area contributed by atoms with E-state index in [1.807, 2.05) is 0 Å². The summed E-state index contributed by atoms with van der Waals surface area (Å²) in [6.07, 6.45) is 1.45. The minimum atomic E-state index is -0.350. The third-order valence-corrected chi connectivity index (χ3v) is 1.32. The SMILES string of the molecule is Nc1cc[nH]c(=O)c1Cl. The Labute approximate surface area is 56.5 Å². The van der Waals surface area contributed by atoms with Gasteiger partial charge in [0.1, 0.15) is 5.02 Å². The Kier molecular flexibility index (Phi) is 1.44. The fraction of sp³-hybridized carbons (Fsp3) is 0. The molecule has 1 aromatic rings. The van der Waals surface area contributed by atoms with E-state index in [0.717, 1.165) is 0 Å². The molecule has 0 radical (unpaired) electrons. The van der Waals surface area contributed by atoms with E-state index >= 15 is 0 Å². The van der Waals surface area contributed by atoms with Crippen LogP contribution in [0.4, 0.5) is 5.69 Å². The number of H-pyrrole nitrogens is 1. The molecule has 0 aliphatic heterocycles. The summed E-state index contributed by atoms with van der Waals surface area (Å²) < 4.78 is 0. The molecule has 9 heavy (non-hydrogen) atoms. The van der Waals surface area contributed by atoms with Crippen molar-refractivity contribution in [3.8, 4) is 0 Å². The summed E-state index contributed by atoms with van der Waals surface area (Å²) in [5.41, 5.74) is 5.22. The van der Waals surface area contributed by atoms with Gasteiger partial charge in [0, 0.05) is 6.20 Å². The Bertz CT molecular complexity index is 268. The van der Waals surface area contributed by atoms with E-state index in [1.54, 1.807) is 0 Å². The first kappa shape index (κ1) is 6.16. The van der Waals surface area contributed by atoms with Gasteiger partial charge in [0.15, 0.2) is 0 Å². The van der Waals surface area contributed by atoms with Crippen molar-refractivity contribution >= 4 is 17.3 Å². The largest absolute Gasteiger partial charge is 0.397 e. The number of anilines is 1. The number of aromatic amines is 1. The fourth-order valence-corrected chi connectivity index (χ4v) is 0.592. The molecule has 0 spiro atoms. The highest BCUT2D eigenvalue weighted by Crippen LogP contribution is 2.09. The maximum atomic E-state index is 10.6. The van der Waals surface area contributed by atoms with Crippen molar-refractivity contribution in [2.24, 2.45) is 0 Å². The van der Waals surface area contributed by atoms with Crippen molar-refractivity contribution in [2.75, 3.05) is 5.73 Å². The molecule has 4 heteroatoms. The molecule has 3 N–H and O–H groups in total. The van der Waals surface area contributed by atoms with Gasteiger partial charge in [-0.3, -0.25) is 4.79 Å².